The summed E-state index contributed by atoms with van der Waals surface area (Å²) < 4.78 is 0. The first-order valence-corrected chi connectivity index (χ1v) is 5.86. The van der Waals surface area contributed by atoms with Crippen LogP contribution in [0.5, 0.6) is 0 Å². The van der Waals surface area contributed by atoms with Crippen LogP contribution in [0.15, 0.2) is 12.3 Å². The zero-order chi connectivity index (χ0) is 10.4. The summed E-state index contributed by atoms with van der Waals surface area (Å²) in [6, 6.07) is 1.68. The summed E-state index contributed by atoms with van der Waals surface area (Å²) >= 11 is 1.86. The van der Waals surface area contributed by atoms with Crippen molar-refractivity contribution in [1.82, 2.24) is 9.97 Å². The van der Waals surface area contributed by atoms with E-state index in [2.05, 4.69) is 28.5 Å². The van der Waals surface area contributed by atoms with Gasteiger partial charge in [0.25, 0.3) is 0 Å². The lowest BCUT2D eigenvalue weighted by atomic mass is 10.3. The molecule has 3 N–H and O–H groups in total. The molecule has 0 fully saturated rings. The van der Waals surface area contributed by atoms with Gasteiger partial charge < -0.3 is 11.1 Å². The average molecular weight is 212 g/mol. The highest BCUT2D eigenvalue weighted by atomic mass is 32.2. The SMILES string of the molecule is CSC(C)CCNc1nccc(N)n1. The first-order valence-electron chi connectivity index (χ1n) is 4.57. The molecule has 0 saturated heterocycles. The van der Waals surface area contributed by atoms with Crippen molar-refractivity contribution in [2.75, 3.05) is 23.9 Å². The molecular weight excluding hydrogens is 196 g/mol. The standard InChI is InChI=1S/C9H16N4S/c1-7(14-2)3-5-11-9-12-6-4-8(10)13-9/h4,6-7H,3,5H2,1-2H3,(H3,10,11,12,13). The molecule has 4 nitrogen and oxygen atoms in total. The Kier molecular flexibility index (Phi) is 4.52. The van der Waals surface area contributed by atoms with Gasteiger partial charge in [0.15, 0.2) is 0 Å². The van der Waals surface area contributed by atoms with E-state index in [1.165, 1.54) is 0 Å². The predicted molar refractivity (Wildman–Crippen MR) is 62.5 cm³/mol. The van der Waals surface area contributed by atoms with E-state index in [0.717, 1.165) is 13.0 Å². The van der Waals surface area contributed by atoms with Crippen LogP contribution in [-0.4, -0.2) is 28.0 Å². The quantitative estimate of drug-likeness (QED) is 0.776. The maximum Gasteiger partial charge on any atom is 0.224 e. The van der Waals surface area contributed by atoms with Crippen LogP contribution in [0.25, 0.3) is 0 Å². The summed E-state index contributed by atoms with van der Waals surface area (Å²) in [5.74, 6) is 1.11. The first-order chi connectivity index (χ1) is 6.72. The second-order valence-electron chi connectivity index (χ2n) is 3.07. The number of nitrogens with zero attached hydrogens (tertiary/aromatic N) is 2. The summed E-state index contributed by atoms with van der Waals surface area (Å²) in [6.45, 7) is 3.08. The molecule has 1 heterocycles. The minimum absolute atomic E-state index is 0.500. The molecule has 0 aromatic carbocycles. The molecule has 1 aromatic rings. The van der Waals surface area contributed by atoms with Crippen molar-refractivity contribution in [3.63, 3.8) is 0 Å². The average Bonchev–Trinajstić information content (AvgIpc) is 2.17. The van der Waals surface area contributed by atoms with Gasteiger partial charge >= 0.3 is 0 Å². The minimum Gasteiger partial charge on any atom is -0.384 e. The monoisotopic (exact) mass is 212 g/mol. The van der Waals surface area contributed by atoms with Crippen LogP contribution in [0, 0.1) is 0 Å². The lowest BCUT2D eigenvalue weighted by Gasteiger charge is -2.08. The highest BCUT2D eigenvalue weighted by Crippen LogP contribution is 2.09. The van der Waals surface area contributed by atoms with Gasteiger partial charge in [-0.15, -0.1) is 0 Å². The second kappa shape index (κ2) is 5.70. The van der Waals surface area contributed by atoms with E-state index in [1.54, 1.807) is 12.3 Å². The Morgan fingerprint density at radius 3 is 3.07 bits per heavy atom. The molecule has 1 rings (SSSR count). The Morgan fingerprint density at radius 2 is 2.43 bits per heavy atom. The van der Waals surface area contributed by atoms with Crippen molar-refractivity contribution in [3.05, 3.63) is 12.3 Å². The molecule has 1 atom stereocenters. The molecule has 0 aliphatic rings. The van der Waals surface area contributed by atoms with Gasteiger partial charge in [0, 0.05) is 18.0 Å². The van der Waals surface area contributed by atoms with Crippen molar-refractivity contribution < 1.29 is 0 Å². The van der Waals surface area contributed by atoms with Gasteiger partial charge in [-0.05, 0) is 18.7 Å². The number of rotatable bonds is 5. The van der Waals surface area contributed by atoms with Crippen molar-refractivity contribution in [1.29, 1.82) is 0 Å². The summed E-state index contributed by atoms with van der Waals surface area (Å²) in [7, 11) is 0. The molecular formula is C9H16N4S. The lowest BCUT2D eigenvalue weighted by molar-refractivity contribution is 0.845. The first kappa shape index (κ1) is 11.1. The van der Waals surface area contributed by atoms with E-state index in [1.807, 2.05) is 11.8 Å². The van der Waals surface area contributed by atoms with E-state index in [-0.39, 0.29) is 0 Å². The predicted octanol–water partition coefficient (Wildman–Crippen LogP) is 1.61. The Morgan fingerprint density at radius 1 is 1.64 bits per heavy atom. The fourth-order valence-electron chi connectivity index (χ4n) is 0.963. The van der Waals surface area contributed by atoms with E-state index < -0.39 is 0 Å². The Balaban J connectivity index is 2.31. The molecule has 78 valence electrons. The van der Waals surface area contributed by atoms with E-state index in [4.69, 9.17) is 5.73 Å². The topological polar surface area (TPSA) is 63.8 Å². The molecule has 0 saturated carbocycles. The molecule has 1 aromatic heterocycles. The number of hydrogen-bond donors (Lipinski definition) is 2. The maximum absolute atomic E-state index is 5.52. The molecule has 0 amide bonds. The number of nitrogens with one attached hydrogen (secondary N) is 1. The van der Waals surface area contributed by atoms with Crippen molar-refractivity contribution in [3.8, 4) is 0 Å². The van der Waals surface area contributed by atoms with Crippen LogP contribution in [0.3, 0.4) is 0 Å². The number of hydrogen-bond acceptors (Lipinski definition) is 5. The molecule has 1 unspecified atom stereocenters. The summed E-state index contributed by atoms with van der Waals surface area (Å²) in [6.07, 6.45) is 4.86. The van der Waals surface area contributed by atoms with Gasteiger partial charge in [-0.25, -0.2) is 4.98 Å². The zero-order valence-corrected chi connectivity index (χ0v) is 9.34. The van der Waals surface area contributed by atoms with Crippen LogP contribution in [0.4, 0.5) is 11.8 Å². The van der Waals surface area contributed by atoms with Gasteiger partial charge in [0.05, 0.1) is 0 Å². The van der Waals surface area contributed by atoms with Crippen molar-refractivity contribution in [2.24, 2.45) is 0 Å². The number of aromatic nitrogens is 2. The summed E-state index contributed by atoms with van der Waals surface area (Å²) in [5.41, 5.74) is 5.52. The molecule has 14 heavy (non-hydrogen) atoms. The zero-order valence-electron chi connectivity index (χ0n) is 8.53. The van der Waals surface area contributed by atoms with E-state index in [9.17, 15) is 0 Å². The maximum atomic E-state index is 5.52. The summed E-state index contributed by atoms with van der Waals surface area (Å²) in [5, 5.41) is 3.79. The Bertz CT molecular complexity index is 279. The Hall–Kier alpha value is -0.970. The van der Waals surface area contributed by atoms with Gasteiger partial charge in [-0.1, -0.05) is 6.92 Å². The van der Waals surface area contributed by atoms with Crippen LogP contribution in [0.2, 0.25) is 0 Å². The molecule has 0 bridgehead atoms. The van der Waals surface area contributed by atoms with Gasteiger partial charge in [-0.3, -0.25) is 0 Å². The number of thioether (sulfide) groups is 1. The van der Waals surface area contributed by atoms with E-state index in [0.29, 0.717) is 17.0 Å². The van der Waals surface area contributed by atoms with Crippen LogP contribution in [0.1, 0.15) is 13.3 Å². The molecule has 0 aliphatic carbocycles. The third-order valence-electron chi connectivity index (χ3n) is 1.91. The smallest absolute Gasteiger partial charge is 0.224 e. The fourth-order valence-corrected chi connectivity index (χ4v) is 1.32. The number of anilines is 2. The van der Waals surface area contributed by atoms with Crippen LogP contribution >= 0.6 is 11.8 Å². The molecule has 5 heteroatoms. The number of nitrogen functional groups attached to an aromatic ring is 1. The molecule has 0 radical (unpaired) electrons. The lowest BCUT2D eigenvalue weighted by Crippen LogP contribution is -2.10. The van der Waals surface area contributed by atoms with Gasteiger partial charge in [-0.2, -0.15) is 16.7 Å². The second-order valence-corrected chi connectivity index (χ2v) is 4.34. The third-order valence-corrected chi connectivity index (χ3v) is 2.95. The van der Waals surface area contributed by atoms with Gasteiger partial charge in [0.2, 0.25) is 5.95 Å². The molecule has 0 aliphatic heterocycles. The van der Waals surface area contributed by atoms with Gasteiger partial charge in [0.1, 0.15) is 5.82 Å². The Labute approximate surface area is 88.7 Å². The van der Waals surface area contributed by atoms with Crippen LogP contribution in [-0.2, 0) is 0 Å². The largest absolute Gasteiger partial charge is 0.384 e. The van der Waals surface area contributed by atoms with Crippen LogP contribution < -0.4 is 11.1 Å². The fraction of sp³-hybridized carbons (Fsp3) is 0.556. The number of nitrogens with two attached hydrogens (primary N) is 1. The highest BCUT2D eigenvalue weighted by molar-refractivity contribution is 7.99. The minimum atomic E-state index is 0.500. The van der Waals surface area contributed by atoms with E-state index >= 15 is 0 Å². The summed E-state index contributed by atoms with van der Waals surface area (Å²) in [4.78, 5) is 8.10. The normalized spacial score (nSPS) is 12.4. The highest BCUT2D eigenvalue weighted by Gasteiger charge is 1.99. The van der Waals surface area contributed by atoms with Crippen molar-refractivity contribution in [2.45, 2.75) is 18.6 Å². The van der Waals surface area contributed by atoms with Crippen molar-refractivity contribution >= 4 is 23.5 Å². The molecule has 0 spiro atoms. The third kappa shape index (κ3) is 3.83.